The predicted molar refractivity (Wildman–Crippen MR) is 123 cm³/mol. The maximum absolute atomic E-state index is 12.7. The van der Waals surface area contributed by atoms with Crippen molar-refractivity contribution in [3.8, 4) is 22.8 Å². The van der Waals surface area contributed by atoms with Crippen molar-refractivity contribution in [1.82, 2.24) is 4.98 Å². The number of nitrogens with one attached hydrogen (secondary N) is 1. The van der Waals surface area contributed by atoms with E-state index >= 15 is 0 Å². The maximum atomic E-state index is 12.7. The zero-order valence-electron chi connectivity index (χ0n) is 17.4. The molecule has 2 heterocycles. The lowest BCUT2D eigenvalue weighted by molar-refractivity contribution is -0.384. The Labute approximate surface area is 187 Å². The zero-order valence-corrected chi connectivity index (χ0v) is 17.4. The van der Waals surface area contributed by atoms with E-state index < -0.39 is 10.8 Å². The molecular formula is C25H17N3O5. The van der Waals surface area contributed by atoms with E-state index in [2.05, 4.69) is 10.3 Å². The van der Waals surface area contributed by atoms with Crippen molar-refractivity contribution >= 4 is 28.4 Å². The van der Waals surface area contributed by atoms with Crippen LogP contribution in [0.15, 0.2) is 87.7 Å². The molecule has 8 nitrogen and oxygen atoms in total. The summed E-state index contributed by atoms with van der Waals surface area (Å²) in [6, 6.07) is 22.1. The van der Waals surface area contributed by atoms with Gasteiger partial charge in [0.2, 0.25) is 5.89 Å². The molecule has 0 bridgehead atoms. The monoisotopic (exact) mass is 439 g/mol. The average Bonchev–Trinajstić information content (AvgIpc) is 3.46. The lowest BCUT2D eigenvalue weighted by Crippen LogP contribution is -2.10. The molecule has 0 radical (unpaired) electrons. The summed E-state index contributed by atoms with van der Waals surface area (Å²) >= 11 is 0. The lowest BCUT2D eigenvalue weighted by Gasteiger charge is -2.05. The Hall–Kier alpha value is -4.72. The quantitative estimate of drug-likeness (QED) is 0.257. The van der Waals surface area contributed by atoms with Crippen molar-refractivity contribution in [3.05, 3.63) is 100 Å². The van der Waals surface area contributed by atoms with Crippen LogP contribution < -0.4 is 5.32 Å². The van der Waals surface area contributed by atoms with E-state index in [0.717, 1.165) is 11.1 Å². The van der Waals surface area contributed by atoms with Gasteiger partial charge in [-0.25, -0.2) is 4.98 Å². The highest BCUT2D eigenvalue weighted by atomic mass is 16.6. The van der Waals surface area contributed by atoms with Crippen molar-refractivity contribution < 1.29 is 18.6 Å². The number of rotatable bonds is 5. The van der Waals surface area contributed by atoms with Crippen LogP contribution >= 0.6 is 0 Å². The minimum atomic E-state index is -0.490. The van der Waals surface area contributed by atoms with Gasteiger partial charge in [-0.2, -0.15) is 0 Å². The first kappa shape index (κ1) is 20.2. The Balaban J connectivity index is 1.38. The first-order valence-electron chi connectivity index (χ1n) is 10.1. The zero-order chi connectivity index (χ0) is 22.9. The summed E-state index contributed by atoms with van der Waals surface area (Å²) in [5.41, 5.74) is 3.96. The molecule has 3 aromatic carbocycles. The number of anilines is 1. The molecule has 0 saturated carbocycles. The van der Waals surface area contributed by atoms with E-state index in [1.54, 1.807) is 36.4 Å². The van der Waals surface area contributed by atoms with Crippen molar-refractivity contribution in [3.63, 3.8) is 0 Å². The highest BCUT2D eigenvalue weighted by molar-refractivity contribution is 6.03. The second-order valence-electron chi connectivity index (χ2n) is 7.46. The number of nitro benzene ring substituents is 1. The summed E-state index contributed by atoms with van der Waals surface area (Å²) in [7, 11) is 0. The van der Waals surface area contributed by atoms with Crippen LogP contribution in [0, 0.1) is 17.0 Å². The molecule has 0 spiro atoms. The van der Waals surface area contributed by atoms with Gasteiger partial charge in [-0.05, 0) is 61.0 Å². The summed E-state index contributed by atoms with van der Waals surface area (Å²) in [6.45, 7) is 1.98. The third-order valence-corrected chi connectivity index (χ3v) is 5.11. The number of nitrogens with zero attached hydrogens (tertiary/aromatic N) is 2. The predicted octanol–water partition coefficient (Wildman–Crippen LogP) is 6.22. The standard InChI is InChI=1S/C25H17N3O5/c1-15-9-10-19-23(13-15)33-25(27-19)16-5-4-6-17(14-16)26-24(29)22-12-11-21(32-22)18-7-2-3-8-20(18)28(30)31/h2-14H,1H3,(H,26,29). The fraction of sp³-hybridized carbons (Fsp3) is 0.0400. The van der Waals surface area contributed by atoms with E-state index in [1.807, 2.05) is 31.2 Å². The highest BCUT2D eigenvalue weighted by Crippen LogP contribution is 2.31. The smallest absolute Gasteiger partial charge is 0.291 e. The Kier molecular flexibility index (Phi) is 4.95. The average molecular weight is 439 g/mol. The minimum absolute atomic E-state index is 0.0332. The van der Waals surface area contributed by atoms with Crippen molar-refractivity contribution in [2.24, 2.45) is 0 Å². The molecule has 0 aliphatic carbocycles. The normalized spacial score (nSPS) is 10.9. The Morgan fingerprint density at radius 3 is 2.67 bits per heavy atom. The number of para-hydroxylation sites is 1. The molecule has 0 atom stereocenters. The SMILES string of the molecule is Cc1ccc2nc(-c3cccc(NC(=O)c4ccc(-c5ccccc5[N+](=O)[O-])o4)c3)oc2c1. The molecule has 1 amide bonds. The number of aromatic nitrogens is 1. The van der Waals surface area contributed by atoms with Crippen LogP contribution in [0.2, 0.25) is 0 Å². The van der Waals surface area contributed by atoms with Gasteiger partial charge in [0, 0.05) is 17.3 Å². The molecule has 0 unspecified atom stereocenters. The van der Waals surface area contributed by atoms with Gasteiger partial charge in [-0.15, -0.1) is 0 Å². The number of hydrogen-bond acceptors (Lipinski definition) is 6. The highest BCUT2D eigenvalue weighted by Gasteiger charge is 2.19. The van der Waals surface area contributed by atoms with E-state index in [4.69, 9.17) is 8.83 Å². The van der Waals surface area contributed by atoms with Gasteiger partial charge in [0.15, 0.2) is 11.3 Å². The molecule has 0 aliphatic heterocycles. The number of aryl methyl sites for hydroxylation is 1. The summed E-state index contributed by atoms with van der Waals surface area (Å²) in [6.07, 6.45) is 0. The van der Waals surface area contributed by atoms with Crippen LogP contribution in [0.25, 0.3) is 33.9 Å². The molecule has 5 aromatic rings. The van der Waals surface area contributed by atoms with Gasteiger partial charge in [0.25, 0.3) is 11.6 Å². The minimum Gasteiger partial charge on any atom is -0.451 e. The third kappa shape index (κ3) is 3.97. The second-order valence-corrected chi connectivity index (χ2v) is 7.46. The topological polar surface area (TPSA) is 111 Å². The number of nitro groups is 1. The first-order chi connectivity index (χ1) is 16.0. The van der Waals surface area contributed by atoms with Crippen LogP contribution in [0.1, 0.15) is 16.1 Å². The second kappa shape index (κ2) is 8.08. The molecular weight excluding hydrogens is 422 g/mol. The van der Waals surface area contributed by atoms with Crippen LogP contribution in [-0.4, -0.2) is 15.8 Å². The Morgan fingerprint density at radius 1 is 0.970 bits per heavy atom. The molecule has 33 heavy (non-hydrogen) atoms. The van der Waals surface area contributed by atoms with Crippen molar-refractivity contribution in [1.29, 1.82) is 0 Å². The van der Waals surface area contributed by atoms with Crippen LogP contribution in [0.3, 0.4) is 0 Å². The summed E-state index contributed by atoms with van der Waals surface area (Å²) in [5, 5.41) is 14.0. The largest absolute Gasteiger partial charge is 0.451 e. The van der Waals surface area contributed by atoms with Crippen LogP contribution in [-0.2, 0) is 0 Å². The van der Waals surface area contributed by atoms with Crippen LogP contribution in [0.5, 0.6) is 0 Å². The number of amides is 1. The van der Waals surface area contributed by atoms with Crippen LogP contribution in [0.4, 0.5) is 11.4 Å². The Bertz CT molecular complexity index is 1520. The van der Waals surface area contributed by atoms with Gasteiger partial charge in [-0.3, -0.25) is 14.9 Å². The number of hydrogen-bond donors (Lipinski definition) is 1. The Morgan fingerprint density at radius 2 is 1.82 bits per heavy atom. The summed E-state index contributed by atoms with van der Waals surface area (Å²) in [5.74, 6) is 0.238. The molecule has 5 rings (SSSR count). The molecule has 162 valence electrons. The number of furan rings is 1. The van der Waals surface area contributed by atoms with Gasteiger partial charge < -0.3 is 14.2 Å². The molecule has 0 fully saturated rings. The van der Waals surface area contributed by atoms with E-state index in [1.165, 1.54) is 18.2 Å². The maximum Gasteiger partial charge on any atom is 0.291 e. The lowest BCUT2D eigenvalue weighted by atomic mass is 10.1. The molecule has 8 heteroatoms. The molecule has 0 saturated heterocycles. The molecule has 0 aliphatic rings. The molecule has 1 N–H and O–H groups in total. The van der Waals surface area contributed by atoms with E-state index in [0.29, 0.717) is 28.3 Å². The van der Waals surface area contributed by atoms with Gasteiger partial charge in [0.1, 0.15) is 11.3 Å². The van der Waals surface area contributed by atoms with E-state index in [9.17, 15) is 14.9 Å². The number of oxazole rings is 1. The van der Waals surface area contributed by atoms with E-state index in [-0.39, 0.29) is 17.2 Å². The number of benzene rings is 3. The van der Waals surface area contributed by atoms with Gasteiger partial charge in [0.05, 0.1) is 10.5 Å². The third-order valence-electron chi connectivity index (χ3n) is 5.11. The van der Waals surface area contributed by atoms with Crippen molar-refractivity contribution in [2.45, 2.75) is 6.92 Å². The summed E-state index contributed by atoms with van der Waals surface area (Å²) < 4.78 is 11.5. The number of carbonyl (C=O) groups excluding carboxylic acids is 1. The summed E-state index contributed by atoms with van der Waals surface area (Å²) in [4.78, 5) is 28.0. The first-order valence-corrected chi connectivity index (χ1v) is 10.1. The van der Waals surface area contributed by atoms with Gasteiger partial charge in [-0.1, -0.05) is 24.3 Å². The van der Waals surface area contributed by atoms with Gasteiger partial charge >= 0.3 is 0 Å². The number of carbonyl (C=O) groups is 1. The number of fused-ring (bicyclic) bond motifs is 1. The fourth-order valence-corrected chi connectivity index (χ4v) is 3.52. The molecule has 2 aromatic heterocycles. The fourth-order valence-electron chi connectivity index (χ4n) is 3.52. The van der Waals surface area contributed by atoms with Crippen molar-refractivity contribution in [2.75, 3.05) is 5.32 Å².